The normalized spacial score (nSPS) is 16.2. The van der Waals surface area contributed by atoms with E-state index < -0.39 is 0 Å². The van der Waals surface area contributed by atoms with Crippen molar-refractivity contribution >= 4 is 35.0 Å². The van der Waals surface area contributed by atoms with Crippen molar-refractivity contribution in [3.05, 3.63) is 33.8 Å². The maximum atomic E-state index is 12.5. The number of hydrogen-bond donors (Lipinski definition) is 1. The fourth-order valence-corrected chi connectivity index (χ4v) is 3.13. The Labute approximate surface area is 151 Å². The lowest BCUT2D eigenvalue weighted by Gasteiger charge is -2.35. The van der Waals surface area contributed by atoms with Crippen molar-refractivity contribution in [2.75, 3.05) is 39.8 Å². The van der Waals surface area contributed by atoms with Crippen molar-refractivity contribution < 1.29 is 14.3 Å². The number of nitrogens with zero attached hydrogens (tertiary/aromatic N) is 2. The third-order valence-corrected chi connectivity index (χ3v) is 4.46. The van der Waals surface area contributed by atoms with E-state index in [1.807, 2.05) is 0 Å². The molecular weight excluding hydrogens is 353 g/mol. The van der Waals surface area contributed by atoms with Gasteiger partial charge in [0.2, 0.25) is 5.91 Å². The van der Waals surface area contributed by atoms with Gasteiger partial charge >= 0.3 is 0 Å². The van der Waals surface area contributed by atoms with Crippen LogP contribution in [-0.4, -0.2) is 67.6 Å². The minimum Gasteiger partial charge on any atom is -0.380 e. The Morgan fingerprint density at radius 3 is 2.17 bits per heavy atom. The number of ether oxygens (including phenoxy) is 1. The predicted octanol–water partition coefficient (Wildman–Crippen LogP) is 1.64. The molecule has 1 aromatic rings. The molecule has 132 valence electrons. The van der Waals surface area contributed by atoms with Crippen molar-refractivity contribution in [3.63, 3.8) is 0 Å². The summed E-state index contributed by atoms with van der Waals surface area (Å²) in [6.07, 6.45) is -0.0176. The Hall–Kier alpha value is -1.34. The molecule has 2 amide bonds. The number of benzene rings is 1. The smallest absolute Gasteiger partial charge is 0.254 e. The number of rotatable bonds is 5. The summed E-state index contributed by atoms with van der Waals surface area (Å²) in [4.78, 5) is 28.2. The molecule has 2 N–H and O–H groups in total. The third kappa shape index (κ3) is 4.83. The SMILES string of the molecule is COC(CN)CC(=O)N1CCN(C(=O)c2cc(Cl)cc(Cl)c2)CC1. The van der Waals surface area contributed by atoms with Crippen LogP contribution in [0.4, 0.5) is 0 Å². The number of carbonyl (C=O) groups is 2. The van der Waals surface area contributed by atoms with E-state index in [4.69, 9.17) is 33.7 Å². The molecule has 1 aliphatic heterocycles. The first-order valence-corrected chi connectivity index (χ1v) is 8.46. The van der Waals surface area contributed by atoms with Gasteiger partial charge in [-0.1, -0.05) is 23.2 Å². The number of amides is 2. The van der Waals surface area contributed by atoms with Crippen LogP contribution in [-0.2, 0) is 9.53 Å². The summed E-state index contributed by atoms with van der Waals surface area (Å²) in [5, 5.41) is 0.846. The molecule has 0 aromatic heterocycles. The molecule has 24 heavy (non-hydrogen) atoms. The van der Waals surface area contributed by atoms with Crippen molar-refractivity contribution in [1.29, 1.82) is 0 Å². The third-order valence-electron chi connectivity index (χ3n) is 4.03. The molecule has 0 aliphatic carbocycles. The zero-order chi connectivity index (χ0) is 17.7. The quantitative estimate of drug-likeness (QED) is 0.850. The number of nitrogens with two attached hydrogens (primary N) is 1. The molecule has 1 fully saturated rings. The summed E-state index contributed by atoms with van der Waals surface area (Å²) in [5.74, 6) is -0.145. The van der Waals surface area contributed by atoms with Gasteiger partial charge < -0.3 is 20.3 Å². The van der Waals surface area contributed by atoms with Crippen molar-refractivity contribution in [3.8, 4) is 0 Å². The minimum absolute atomic E-state index is 0.00908. The van der Waals surface area contributed by atoms with Crippen LogP contribution in [0, 0.1) is 0 Å². The van der Waals surface area contributed by atoms with Crippen LogP contribution in [0.25, 0.3) is 0 Å². The number of hydrogen-bond acceptors (Lipinski definition) is 4. The van der Waals surface area contributed by atoms with Crippen molar-refractivity contribution in [2.45, 2.75) is 12.5 Å². The van der Waals surface area contributed by atoms with Gasteiger partial charge in [-0.25, -0.2) is 0 Å². The number of carbonyl (C=O) groups excluding carboxylic acids is 2. The summed E-state index contributed by atoms with van der Waals surface area (Å²) in [6, 6.07) is 4.77. The van der Waals surface area contributed by atoms with Gasteiger partial charge in [-0.3, -0.25) is 9.59 Å². The maximum Gasteiger partial charge on any atom is 0.254 e. The van der Waals surface area contributed by atoms with Gasteiger partial charge in [-0.15, -0.1) is 0 Å². The molecule has 0 bridgehead atoms. The molecule has 1 aromatic carbocycles. The largest absolute Gasteiger partial charge is 0.380 e. The molecular formula is C16H21Cl2N3O3. The van der Waals surface area contributed by atoms with Gasteiger partial charge in [-0.2, -0.15) is 0 Å². The van der Waals surface area contributed by atoms with Crippen molar-refractivity contribution in [1.82, 2.24) is 9.80 Å². The Morgan fingerprint density at radius 1 is 1.12 bits per heavy atom. The Morgan fingerprint density at radius 2 is 1.67 bits per heavy atom. The first kappa shape index (κ1) is 19.0. The second kappa shape index (κ2) is 8.67. The molecule has 1 aliphatic rings. The average molecular weight is 374 g/mol. The molecule has 6 nitrogen and oxygen atoms in total. The minimum atomic E-state index is -0.272. The molecule has 0 saturated carbocycles. The molecule has 0 spiro atoms. The van der Waals surface area contributed by atoms with E-state index >= 15 is 0 Å². The lowest BCUT2D eigenvalue weighted by Crippen LogP contribution is -2.51. The van der Waals surface area contributed by atoms with Gasteiger partial charge in [0.05, 0.1) is 12.5 Å². The highest BCUT2D eigenvalue weighted by atomic mass is 35.5. The van der Waals surface area contributed by atoms with Gasteiger partial charge in [0.1, 0.15) is 0 Å². The van der Waals surface area contributed by atoms with Crippen LogP contribution in [0.5, 0.6) is 0 Å². The highest BCUT2D eigenvalue weighted by Crippen LogP contribution is 2.20. The Kier molecular flexibility index (Phi) is 6.86. The zero-order valence-electron chi connectivity index (χ0n) is 13.5. The van der Waals surface area contributed by atoms with Crippen molar-refractivity contribution in [2.24, 2.45) is 5.73 Å². The molecule has 1 saturated heterocycles. The summed E-state index contributed by atoms with van der Waals surface area (Å²) in [6.45, 7) is 2.21. The Balaban J connectivity index is 1.92. The molecule has 0 radical (unpaired) electrons. The van der Waals surface area contributed by atoms with E-state index in [1.54, 1.807) is 28.0 Å². The van der Waals surface area contributed by atoms with Crippen LogP contribution in [0.15, 0.2) is 18.2 Å². The standard InChI is InChI=1S/C16H21Cl2N3O3/c1-24-14(10-19)9-15(22)20-2-4-21(5-3-20)16(23)11-6-12(17)8-13(18)7-11/h6-8,14H,2-5,9-10,19H2,1H3. The fourth-order valence-electron chi connectivity index (χ4n) is 2.61. The Bertz CT molecular complexity index is 580. The number of halogens is 2. The lowest BCUT2D eigenvalue weighted by molar-refractivity contribution is -0.135. The summed E-state index contributed by atoms with van der Waals surface area (Å²) < 4.78 is 5.14. The highest BCUT2D eigenvalue weighted by Gasteiger charge is 2.26. The van der Waals surface area contributed by atoms with E-state index in [9.17, 15) is 9.59 Å². The highest BCUT2D eigenvalue weighted by molar-refractivity contribution is 6.35. The second-order valence-electron chi connectivity index (χ2n) is 5.63. The van der Waals surface area contributed by atoms with E-state index in [0.717, 1.165) is 0 Å². The average Bonchev–Trinajstić information content (AvgIpc) is 2.58. The van der Waals surface area contributed by atoms with E-state index in [0.29, 0.717) is 48.3 Å². The first-order valence-electron chi connectivity index (χ1n) is 7.70. The predicted molar refractivity (Wildman–Crippen MR) is 93.4 cm³/mol. The van der Waals surface area contributed by atoms with Crippen LogP contribution in [0.3, 0.4) is 0 Å². The number of methoxy groups -OCH3 is 1. The van der Waals surface area contributed by atoms with E-state index in [1.165, 1.54) is 7.11 Å². The van der Waals surface area contributed by atoms with Crippen LogP contribution in [0.2, 0.25) is 10.0 Å². The molecule has 8 heteroatoms. The molecule has 1 unspecified atom stereocenters. The molecule has 1 heterocycles. The monoisotopic (exact) mass is 373 g/mol. The van der Waals surface area contributed by atoms with E-state index in [-0.39, 0.29) is 24.3 Å². The second-order valence-corrected chi connectivity index (χ2v) is 6.50. The number of piperazine rings is 1. The fraction of sp³-hybridized carbons (Fsp3) is 0.500. The molecule has 2 rings (SSSR count). The van der Waals surface area contributed by atoms with Gasteiger partial charge in [0.15, 0.2) is 0 Å². The first-order chi connectivity index (χ1) is 11.4. The van der Waals surface area contributed by atoms with Gasteiger partial charge in [0.25, 0.3) is 5.91 Å². The summed E-state index contributed by atoms with van der Waals surface area (Å²) >= 11 is 11.9. The topological polar surface area (TPSA) is 75.9 Å². The van der Waals surface area contributed by atoms with Gasteiger partial charge in [0, 0.05) is 55.4 Å². The lowest BCUT2D eigenvalue weighted by atomic mass is 10.1. The van der Waals surface area contributed by atoms with Gasteiger partial charge in [-0.05, 0) is 18.2 Å². The maximum absolute atomic E-state index is 12.5. The summed E-state index contributed by atoms with van der Waals surface area (Å²) in [5.41, 5.74) is 6.00. The molecule has 1 atom stereocenters. The van der Waals surface area contributed by atoms with Crippen LogP contribution in [0.1, 0.15) is 16.8 Å². The van der Waals surface area contributed by atoms with Crippen LogP contribution < -0.4 is 5.73 Å². The van der Waals surface area contributed by atoms with Crippen LogP contribution >= 0.6 is 23.2 Å². The summed E-state index contributed by atoms with van der Waals surface area (Å²) in [7, 11) is 1.54. The van der Waals surface area contributed by atoms with E-state index in [2.05, 4.69) is 0 Å². The zero-order valence-corrected chi connectivity index (χ0v) is 15.0.